The van der Waals surface area contributed by atoms with Gasteiger partial charge in [0.25, 0.3) is 0 Å². The van der Waals surface area contributed by atoms with Crippen LogP contribution in [-0.2, 0) is 4.79 Å². The smallest absolute Gasteiger partial charge is 0.549 e. The van der Waals surface area contributed by atoms with Gasteiger partial charge in [-0.3, -0.25) is 10.4 Å². The molecule has 0 heterocycles. The van der Waals surface area contributed by atoms with E-state index in [-0.39, 0.29) is 47.9 Å². The average molecular weight is 188 g/mol. The van der Waals surface area contributed by atoms with E-state index in [1.54, 1.807) is 0 Å². The van der Waals surface area contributed by atoms with Crippen LogP contribution >= 0.6 is 0 Å². The van der Waals surface area contributed by atoms with E-state index in [0.717, 1.165) is 0 Å². The summed E-state index contributed by atoms with van der Waals surface area (Å²) >= 11 is 0. The second-order valence-electron chi connectivity index (χ2n) is 1.86. The van der Waals surface area contributed by atoms with Gasteiger partial charge in [-0.25, -0.2) is 0 Å². The molecule has 12 heavy (non-hydrogen) atoms. The van der Waals surface area contributed by atoms with Gasteiger partial charge in [-0.2, -0.15) is 5.06 Å². The maximum atomic E-state index is 9.80. The van der Waals surface area contributed by atoms with Crippen molar-refractivity contribution in [3.63, 3.8) is 0 Å². The van der Waals surface area contributed by atoms with E-state index in [4.69, 9.17) is 15.6 Å². The van der Waals surface area contributed by atoms with Crippen molar-refractivity contribution in [2.24, 2.45) is 0 Å². The van der Waals surface area contributed by atoms with Crippen LogP contribution in [0.15, 0.2) is 0 Å². The van der Waals surface area contributed by atoms with Crippen LogP contribution < -0.4 is 34.7 Å². The molecule has 0 aliphatic heterocycles. The number of nitrogens with zero attached hydrogens (tertiary/aromatic N) is 2. The fourth-order valence-electron chi connectivity index (χ4n) is 0.433. The maximum Gasteiger partial charge on any atom is 1.00 e. The summed E-state index contributed by atoms with van der Waals surface area (Å²) < 4.78 is 0. The van der Waals surface area contributed by atoms with Gasteiger partial charge in [0.2, 0.25) is 0 Å². The molecule has 0 aliphatic rings. The van der Waals surface area contributed by atoms with E-state index < -0.39 is 12.5 Å². The van der Waals surface area contributed by atoms with Crippen LogP contribution in [0, 0.1) is 0 Å². The van der Waals surface area contributed by atoms with Gasteiger partial charge in [-0.15, -0.1) is 0 Å². The number of carbonyl (C=O) groups excluding carboxylic acids is 1. The Balaban J connectivity index is 0. The molecule has 0 atom stereocenters. The number of rotatable bonds is 5. The summed E-state index contributed by atoms with van der Waals surface area (Å²) in [5.74, 6) is -1.44. The molecule has 0 fully saturated rings. The Bertz CT molecular complexity index is 133. The first kappa shape index (κ1) is 14.8. The van der Waals surface area contributed by atoms with E-state index in [9.17, 15) is 9.90 Å². The van der Waals surface area contributed by atoms with Gasteiger partial charge < -0.3 is 15.1 Å². The first-order chi connectivity index (χ1) is 5.02. The third kappa shape index (κ3) is 10.3. The number of hydroxylamine groups is 4. The summed E-state index contributed by atoms with van der Waals surface area (Å²) in [7, 11) is 0. The second kappa shape index (κ2) is 7.90. The fraction of sp³-hybridized carbons (Fsp3) is 0.750. The first-order valence-electron chi connectivity index (χ1n) is 2.81. The van der Waals surface area contributed by atoms with Gasteiger partial charge in [-0.05, 0) is 0 Å². The minimum absolute atomic E-state index is 0. The number of carboxylic acid groups (broad SMARTS) is 1. The fourth-order valence-corrected chi connectivity index (χ4v) is 0.433. The standard InChI is InChI=1S/C4H10N2O5.Na/c7-4(8)3-5(9)1-2-6(10)11;/h9-11H,1-3H2,(H,7,8);/q;+1/p-1. The number of hydrogen-bond donors (Lipinski definition) is 3. The normalized spacial score (nSPS) is 10.1. The topological polar surface area (TPSA) is 107 Å². The Kier molecular flexibility index (Phi) is 9.72. The van der Waals surface area contributed by atoms with E-state index in [0.29, 0.717) is 5.06 Å². The molecule has 0 saturated carbocycles. The molecule has 0 aliphatic carbocycles. The number of hydrogen-bond acceptors (Lipinski definition) is 7. The number of aliphatic carboxylic acids is 1. The van der Waals surface area contributed by atoms with Crippen molar-refractivity contribution >= 4 is 5.97 Å². The van der Waals surface area contributed by atoms with E-state index in [1.807, 2.05) is 0 Å². The van der Waals surface area contributed by atoms with Crippen LogP contribution in [0.25, 0.3) is 0 Å². The van der Waals surface area contributed by atoms with Crippen molar-refractivity contribution in [3.05, 3.63) is 0 Å². The summed E-state index contributed by atoms with van der Waals surface area (Å²) in [5.41, 5.74) is 0. The summed E-state index contributed by atoms with van der Waals surface area (Å²) in [5, 5.41) is 34.9. The van der Waals surface area contributed by atoms with Crippen molar-refractivity contribution < 1.29 is 55.1 Å². The zero-order valence-electron chi connectivity index (χ0n) is 6.67. The minimum Gasteiger partial charge on any atom is -0.549 e. The molecule has 0 rings (SSSR count). The quantitative estimate of drug-likeness (QED) is 0.292. The molecule has 3 N–H and O–H groups in total. The largest absolute Gasteiger partial charge is 1.00 e. The summed E-state index contributed by atoms with van der Waals surface area (Å²) in [6.07, 6.45) is 0. The molecule has 0 spiro atoms. The molecule has 66 valence electrons. The van der Waals surface area contributed by atoms with Crippen LogP contribution in [0.2, 0.25) is 0 Å². The molecule has 8 heteroatoms. The third-order valence-corrected chi connectivity index (χ3v) is 0.870. The average Bonchev–Trinajstić information content (AvgIpc) is 1.82. The van der Waals surface area contributed by atoms with Gasteiger partial charge in [-0.1, -0.05) is 5.23 Å². The van der Waals surface area contributed by atoms with Crippen molar-refractivity contribution in [2.75, 3.05) is 19.6 Å². The Hall–Kier alpha value is 0.270. The molecule has 0 aromatic rings. The molecule has 0 radical (unpaired) electrons. The predicted molar refractivity (Wildman–Crippen MR) is 28.6 cm³/mol. The molecule has 0 bridgehead atoms. The first-order valence-corrected chi connectivity index (χ1v) is 2.81. The predicted octanol–water partition coefficient (Wildman–Crippen LogP) is -5.49. The zero-order chi connectivity index (χ0) is 8.85. The van der Waals surface area contributed by atoms with Crippen molar-refractivity contribution in [1.29, 1.82) is 0 Å². The van der Waals surface area contributed by atoms with Gasteiger partial charge in [0.05, 0.1) is 19.1 Å². The van der Waals surface area contributed by atoms with E-state index >= 15 is 0 Å². The van der Waals surface area contributed by atoms with Crippen LogP contribution in [0.5, 0.6) is 0 Å². The Morgan fingerprint density at radius 1 is 1.25 bits per heavy atom. The zero-order valence-corrected chi connectivity index (χ0v) is 8.67. The van der Waals surface area contributed by atoms with Crippen LogP contribution in [-0.4, -0.2) is 51.5 Å². The van der Waals surface area contributed by atoms with Gasteiger partial charge >= 0.3 is 29.6 Å². The van der Waals surface area contributed by atoms with Gasteiger partial charge in [0.15, 0.2) is 0 Å². The molecular formula is C4H9N2NaO5. The van der Waals surface area contributed by atoms with Crippen molar-refractivity contribution in [3.8, 4) is 0 Å². The molecule has 7 nitrogen and oxygen atoms in total. The molecular weight excluding hydrogens is 179 g/mol. The molecule has 0 aromatic carbocycles. The second-order valence-corrected chi connectivity index (χ2v) is 1.86. The summed E-state index contributed by atoms with van der Waals surface area (Å²) in [4.78, 5) is 9.80. The maximum absolute atomic E-state index is 9.80. The third-order valence-electron chi connectivity index (χ3n) is 0.870. The van der Waals surface area contributed by atoms with Gasteiger partial charge in [0.1, 0.15) is 0 Å². The molecule has 0 unspecified atom stereocenters. The minimum atomic E-state index is -1.44. The Morgan fingerprint density at radius 3 is 2.08 bits per heavy atom. The Morgan fingerprint density at radius 2 is 1.75 bits per heavy atom. The van der Waals surface area contributed by atoms with E-state index in [1.165, 1.54) is 0 Å². The van der Waals surface area contributed by atoms with Gasteiger partial charge in [0, 0.05) is 6.54 Å². The molecule has 0 aromatic heterocycles. The summed E-state index contributed by atoms with van der Waals surface area (Å²) in [6, 6.07) is 0. The van der Waals surface area contributed by atoms with Crippen LogP contribution in [0.3, 0.4) is 0 Å². The SMILES string of the molecule is O=C([O-])CN(O)CCN(O)O.[Na+]. The molecule has 0 amide bonds. The van der Waals surface area contributed by atoms with E-state index in [2.05, 4.69) is 0 Å². The Labute approximate surface area is 91.0 Å². The molecule has 0 saturated heterocycles. The monoisotopic (exact) mass is 188 g/mol. The van der Waals surface area contributed by atoms with Crippen LogP contribution in [0.4, 0.5) is 0 Å². The van der Waals surface area contributed by atoms with Crippen LogP contribution in [0.1, 0.15) is 0 Å². The van der Waals surface area contributed by atoms with Crippen molar-refractivity contribution in [2.45, 2.75) is 0 Å². The summed E-state index contributed by atoms with van der Waals surface area (Å²) in [6.45, 7) is -1.13. The number of carboxylic acids is 1. The van der Waals surface area contributed by atoms with Crippen molar-refractivity contribution in [1.82, 2.24) is 10.3 Å². The number of carbonyl (C=O) groups is 1.